The average Bonchev–Trinajstić information content (AvgIpc) is 2.85. The van der Waals surface area contributed by atoms with Crippen LogP contribution in [0.5, 0.6) is 0 Å². The molecule has 0 N–H and O–H groups in total. The van der Waals surface area contributed by atoms with E-state index in [0.29, 0.717) is 25.2 Å². The summed E-state index contributed by atoms with van der Waals surface area (Å²) in [5.74, 6) is 0.0433. The van der Waals surface area contributed by atoms with Gasteiger partial charge in [0.25, 0.3) is 5.91 Å². The van der Waals surface area contributed by atoms with Crippen LogP contribution in [0.25, 0.3) is 0 Å². The van der Waals surface area contributed by atoms with Crippen LogP contribution in [-0.4, -0.2) is 41.4 Å². The third kappa shape index (κ3) is 4.11. The summed E-state index contributed by atoms with van der Waals surface area (Å²) in [6, 6.07) is 25.9. The lowest BCUT2D eigenvalue weighted by Crippen LogP contribution is -2.49. The van der Waals surface area contributed by atoms with Crippen molar-refractivity contribution < 1.29 is 9.59 Å². The summed E-state index contributed by atoms with van der Waals surface area (Å²) in [4.78, 5) is 31.8. The Kier molecular flexibility index (Phi) is 5.63. The van der Waals surface area contributed by atoms with E-state index in [1.165, 1.54) is 11.1 Å². The second-order valence-corrected chi connectivity index (χ2v) is 8.49. The number of hydrogen-bond donors (Lipinski definition) is 0. The first kappa shape index (κ1) is 20.3. The van der Waals surface area contributed by atoms with Gasteiger partial charge < -0.3 is 9.80 Å². The zero-order chi connectivity index (χ0) is 21.9. The second-order valence-electron chi connectivity index (χ2n) is 8.49. The highest BCUT2D eigenvalue weighted by Crippen LogP contribution is 2.24. The van der Waals surface area contributed by atoms with Crippen molar-refractivity contribution in [2.24, 2.45) is 0 Å². The van der Waals surface area contributed by atoms with Crippen LogP contribution in [0.1, 0.15) is 33.5 Å². The van der Waals surface area contributed by atoms with E-state index in [1.54, 1.807) is 0 Å². The summed E-state index contributed by atoms with van der Waals surface area (Å²) in [5, 5.41) is 0. The number of anilines is 1. The molecule has 5 rings (SSSR count). The first-order valence-electron chi connectivity index (χ1n) is 11.3. The molecule has 2 aliphatic heterocycles. The van der Waals surface area contributed by atoms with Crippen molar-refractivity contribution in [3.63, 3.8) is 0 Å². The third-order valence-corrected chi connectivity index (χ3v) is 6.37. The van der Waals surface area contributed by atoms with E-state index in [-0.39, 0.29) is 11.9 Å². The molecule has 3 amide bonds. The van der Waals surface area contributed by atoms with Crippen molar-refractivity contribution in [3.8, 4) is 0 Å². The van der Waals surface area contributed by atoms with Gasteiger partial charge in [0.1, 0.15) is 0 Å². The van der Waals surface area contributed by atoms with Crippen molar-refractivity contribution in [2.75, 3.05) is 24.5 Å². The first-order chi connectivity index (χ1) is 15.7. The molecule has 162 valence electrons. The molecule has 2 aliphatic rings. The van der Waals surface area contributed by atoms with Gasteiger partial charge in [-0.2, -0.15) is 0 Å². The highest BCUT2D eigenvalue weighted by Gasteiger charge is 2.27. The molecule has 0 spiro atoms. The zero-order valence-corrected chi connectivity index (χ0v) is 18.1. The van der Waals surface area contributed by atoms with Gasteiger partial charge in [-0.1, -0.05) is 54.6 Å². The van der Waals surface area contributed by atoms with Gasteiger partial charge in [0, 0.05) is 44.0 Å². The minimum atomic E-state index is 0.0202. The topological polar surface area (TPSA) is 43.9 Å². The van der Waals surface area contributed by atoms with Crippen LogP contribution in [0.15, 0.2) is 78.9 Å². The Morgan fingerprint density at radius 1 is 0.781 bits per heavy atom. The fourth-order valence-corrected chi connectivity index (χ4v) is 4.61. The molecule has 0 unspecified atom stereocenters. The fourth-order valence-electron chi connectivity index (χ4n) is 4.61. The highest BCUT2D eigenvalue weighted by molar-refractivity contribution is 5.96. The monoisotopic (exact) mass is 425 g/mol. The lowest BCUT2D eigenvalue weighted by Gasteiger charge is -2.36. The van der Waals surface area contributed by atoms with Crippen molar-refractivity contribution in [1.82, 2.24) is 9.80 Å². The highest BCUT2D eigenvalue weighted by atomic mass is 16.2. The molecule has 1 saturated heterocycles. The molecule has 0 saturated carbocycles. The molecule has 1 fully saturated rings. The Hall–Kier alpha value is -3.60. The number of carbonyl (C=O) groups is 2. The molecule has 0 bridgehead atoms. The molecule has 0 aromatic heterocycles. The standard InChI is InChI=1S/C27H27N3O2/c31-26(28-18-15-22-9-4-5-10-24(22)20-28)23-11-13-25(14-12-23)30-17-6-16-29(27(30)32)19-21-7-2-1-3-8-21/h1-5,7-14H,6,15-20H2. The Bertz CT molecular complexity index is 1110. The first-order valence-corrected chi connectivity index (χ1v) is 11.3. The molecule has 0 atom stereocenters. The van der Waals surface area contributed by atoms with E-state index < -0.39 is 0 Å². The maximum absolute atomic E-state index is 13.1. The van der Waals surface area contributed by atoms with Gasteiger partial charge in [0.15, 0.2) is 0 Å². The van der Waals surface area contributed by atoms with Gasteiger partial charge in [0.05, 0.1) is 0 Å². The van der Waals surface area contributed by atoms with Crippen LogP contribution in [-0.2, 0) is 19.5 Å². The van der Waals surface area contributed by atoms with Crippen molar-refractivity contribution in [1.29, 1.82) is 0 Å². The average molecular weight is 426 g/mol. The van der Waals surface area contributed by atoms with Gasteiger partial charge in [0.2, 0.25) is 0 Å². The predicted molar refractivity (Wildman–Crippen MR) is 126 cm³/mol. The summed E-state index contributed by atoms with van der Waals surface area (Å²) in [7, 11) is 0. The molecule has 0 aliphatic carbocycles. The number of fused-ring (bicyclic) bond motifs is 1. The van der Waals surface area contributed by atoms with Crippen molar-refractivity contribution in [2.45, 2.75) is 25.9 Å². The van der Waals surface area contributed by atoms with Gasteiger partial charge in [-0.3, -0.25) is 9.69 Å². The van der Waals surface area contributed by atoms with E-state index in [4.69, 9.17) is 0 Å². The zero-order valence-electron chi connectivity index (χ0n) is 18.1. The Morgan fingerprint density at radius 3 is 2.28 bits per heavy atom. The van der Waals surface area contributed by atoms with Crippen molar-refractivity contribution in [3.05, 3.63) is 101 Å². The summed E-state index contributed by atoms with van der Waals surface area (Å²) in [6.45, 7) is 3.45. The van der Waals surface area contributed by atoms with Crippen molar-refractivity contribution >= 4 is 17.6 Å². The van der Waals surface area contributed by atoms with Crippen LogP contribution in [0.3, 0.4) is 0 Å². The number of rotatable bonds is 4. The largest absolute Gasteiger partial charge is 0.334 e. The van der Waals surface area contributed by atoms with E-state index >= 15 is 0 Å². The quantitative estimate of drug-likeness (QED) is 0.607. The van der Waals surface area contributed by atoms with E-state index in [1.807, 2.05) is 75.4 Å². The SMILES string of the molecule is O=C(c1ccc(N2CCCN(Cc3ccccc3)C2=O)cc1)N1CCc2ccccc2C1. The van der Waals surface area contributed by atoms with E-state index in [0.717, 1.165) is 37.2 Å². The number of nitrogens with zero attached hydrogens (tertiary/aromatic N) is 3. The van der Waals surface area contributed by atoms with Crippen LogP contribution in [0.2, 0.25) is 0 Å². The molecule has 3 aromatic carbocycles. The minimum absolute atomic E-state index is 0.0202. The molecule has 0 radical (unpaired) electrons. The third-order valence-electron chi connectivity index (χ3n) is 6.37. The Balaban J connectivity index is 1.27. The molecular formula is C27H27N3O2. The number of urea groups is 1. The number of amides is 3. The normalized spacial score (nSPS) is 16.1. The fraction of sp³-hybridized carbons (Fsp3) is 0.259. The molecule has 2 heterocycles. The number of benzene rings is 3. The lowest BCUT2D eigenvalue weighted by atomic mass is 9.99. The van der Waals surface area contributed by atoms with Gasteiger partial charge in [-0.05, 0) is 53.8 Å². The van der Waals surface area contributed by atoms with E-state index in [2.05, 4.69) is 18.2 Å². The summed E-state index contributed by atoms with van der Waals surface area (Å²) < 4.78 is 0. The Labute approximate surface area is 188 Å². The Morgan fingerprint density at radius 2 is 1.50 bits per heavy atom. The van der Waals surface area contributed by atoms with Crippen LogP contribution >= 0.6 is 0 Å². The second kappa shape index (κ2) is 8.87. The molecule has 5 heteroatoms. The lowest BCUT2D eigenvalue weighted by molar-refractivity contribution is 0.0734. The van der Waals surface area contributed by atoms with Gasteiger partial charge >= 0.3 is 6.03 Å². The smallest absolute Gasteiger partial charge is 0.324 e. The van der Waals surface area contributed by atoms with Crippen LogP contribution < -0.4 is 4.90 Å². The summed E-state index contributed by atoms with van der Waals surface area (Å²) in [6.07, 6.45) is 1.81. The van der Waals surface area contributed by atoms with Gasteiger partial charge in [-0.25, -0.2) is 4.79 Å². The predicted octanol–water partition coefficient (Wildman–Crippen LogP) is 4.72. The molecule has 5 nitrogen and oxygen atoms in total. The summed E-state index contributed by atoms with van der Waals surface area (Å²) >= 11 is 0. The maximum atomic E-state index is 13.1. The van der Waals surface area contributed by atoms with Crippen LogP contribution in [0, 0.1) is 0 Å². The molecule has 32 heavy (non-hydrogen) atoms. The van der Waals surface area contributed by atoms with Crippen LogP contribution in [0.4, 0.5) is 10.5 Å². The minimum Gasteiger partial charge on any atom is -0.334 e. The number of carbonyl (C=O) groups excluding carboxylic acids is 2. The maximum Gasteiger partial charge on any atom is 0.324 e. The molecular weight excluding hydrogens is 398 g/mol. The van der Waals surface area contributed by atoms with E-state index in [9.17, 15) is 9.59 Å². The number of hydrogen-bond acceptors (Lipinski definition) is 2. The van der Waals surface area contributed by atoms with Gasteiger partial charge in [-0.15, -0.1) is 0 Å². The summed E-state index contributed by atoms with van der Waals surface area (Å²) in [5.41, 5.74) is 5.19. The molecule has 3 aromatic rings.